The molecule has 6 N–H and O–H groups in total. The minimum absolute atomic E-state index is 0. The molecule has 0 aliphatic heterocycles. The number of nitrogens with two attached hydrogens (primary N) is 1. The molecule has 0 bridgehead atoms. The fourth-order valence-electron chi connectivity index (χ4n) is 2.21. The highest BCUT2D eigenvalue weighted by atomic mass is 16.5. The van der Waals surface area contributed by atoms with Crippen molar-refractivity contribution in [3.63, 3.8) is 0 Å². The molecule has 6 heteroatoms. The van der Waals surface area contributed by atoms with E-state index >= 15 is 0 Å². The Kier molecular flexibility index (Phi) is 17.6. The van der Waals surface area contributed by atoms with Crippen molar-refractivity contribution >= 4 is 11.6 Å². The number of unbranched alkanes of at least 4 members (excludes halogenated alkanes) is 2. The van der Waals surface area contributed by atoms with Crippen molar-refractivity contribution in [2.24, 2.45) is 11.7 Å². The first kappa shape index (κ1) is 26.8. The molecule has 0 aromatic heterocycles. The number of allylic oxidation sites excluding steroid dienone is 1. The molecule has 0 atom stereocenters. The van der Waals surface area contributed by atoms with Gasteiger partial charge in [0.15, 0.2) is 0 Å². The minimum atomic E-state index is 0. The standard InChI is InChI=1S/C20H38N2O3.H3N/c1-16(2)15-25-13-12-20(24)9-7-5-6-8-19(23)11-10-18(21)14-22-17(3)4;/h14,16-17,22H,5-13,15,21H2,1-4H3;1H3/b18-14-;. The molecule has 0 aromatic carbocycles. The van der Waals surface area contributed by atoms with Gasteiger partial charge < -0.3 is 21.9 Å². The molecule has 0 aliphatic carbocycles. The molecule has 0 saturated heterocycles. The van der Waals surface area contributed by atoms with Crippen molar-refractivity contribution < 1.29 is 14.3 Å². The van der Waals surface area contributed by atoms with E-state index in [1.54, 1.807) is 6.20 Å². The fraction of sp³-hybridized carbons (Fsp3) is 0.800. The summed E-state index contributed by atoms with van der Waals surface area (Å²) in [5, 5.41) is 3.12. The van der Waals surface area contributed by atoms with Gasteiger partial charge in [-0.05, 0) is 39.0 Å². The Morgan fingerprint density at radius 2 is 1.50 bits per heavy atom. The Morgan fingerprint density at radius 1 is 0.923 bits per heavy atom. The molecule has 0 heterocycles. The van der Waals surface area contributed by atoms with E-state index in [4.69, 9.17) is 10.5 Å². The molecule has 0 radical (unpaired) electrons. The van der Waals surface area contributed by atoms with Crippen LogP contribution in [0.25, 0.3) is 0 Å². The van der Waals surface area contributed by atoms with E-state index in [-0.39, 0.29) is 17.7 Å². The molecule has 0 aliphatic rings. The normalized spacial score (nSPS) is 11.5. The number of ether oxygens (including phenoxy) is 1. The third-order valence-corrected chi connectivity index (χ3v) is 3.68. The largest absolute Gasteiger partial charge is 0.401 e. The number of carbonyl (C=O) groups is 2. The Labute approximate surface area is 159 Å². The summed E-state index contributed by atoms with van der Waals surface area (Å²) in [5.74, 6) is 1.00. The van der Waals surface area contributed by atoms with Crippen LogP contribution in [0.2, 0.25) is 0 Å². The van der Waals surface area contributed by atoms with Gasteiger partial charge in [0, 0.05) is 50.2 Å². The molecule has 0 aromatic rings. The van der Waals surface area contributed by atoms with Gasteiger partial charge in [-0.15, -0.1) is 0 Å². The second-order valence-corrected chi connectivity index (χ2v) is 7.40. The zero-order valence-electron chi connectivity index (χ0n) is 17.3. The summed E-state index contributed by atoms with van der Waals surface area (Å²) in [6.07, 6.45) is 7.19. The summed E-state index contributed by atoms with van der Waals surface area (Å²) in [6.45, 7) is 9.50. The highest BCUT2D eigenvalue weighted by Gasteiger charge is 2.05. The highest BCUT2D eigenvalue weighted by molar-refractivity contribution is 5.79. The molecule has 6 nitrogen and oxygen atoms in total. The summed E-state index contributed by atoms with van der Waals surface area (Å²) >= 11 is 0. The lowest BCUT2D eigenvalue weighted by Gasteiger charge is -2.07. The molecule has 154 valence electrons. The fourth-order valence-corrected chi connectivity index (χ4v) is 2.21. The zero-order chi connectivity index (χ0) is 19.1. The van der Waals surface area contributed by atoms with Crippen LogP contribution < -0.4 is 17.2 Å². The van der Waals surface area contributed by atoms with Crippen molar-refractivity contribution in [3.8, 4) is 0 Å². The predicted octanol–water partition coefficient (Wildman–Crippen LogP) is 3.88. The van der Waals surface area contributed by atoms with E-state index in [2.05, 4.69) is 19.2 Å². The van der Waals surface area contributed by atoms with E-state index in [0.29, 0.717) is 63.0 Å². The summed E-state index contributed by atoms with van der Waals surface area (Å²) in [7, 11) is 0. The first-order chi connectivity index (χ1) is 11.8. The van der Waals surface area contributed by atoms with Crippen LogP contribution in [0.3, 0.4) is 0 Å². The third-order valence-electron chi connectivity index (χ3n) is 3.68. The maximum absolute atomic E-state index is 11.8. The molecule has 0 amide bonds. The van der Waals surface area contributed by atoms with Crippen LogP contribution in [0.5, 0.6) is 0 Å². The number of rotatable bonds is 16. The van der Waals surface area contributed by atoms with Gasteiger partial charge in [0.1, 0.15) is 11.6 Å². The second kappa shape index (κ2) is 17.0. The number of ketones is 2. The summed E-state index contributed by atoms with van der Waals surface area (Å²) in [4.78, 5) is 23.5. The maximum Gasteiger partial charge on any atom is 0.135 e. The number of nitrogens with one attached hydrogen (secondary N) is 1. The van der Waals surface area contributed by atoms with Crippen molar-refractivity contribution in [1.82, 2.24) is 11.5 Å². The maximum atomic E-state index is 11.8. The molecule has 26 heavy (non-hydrogen) atoms. The van der Waals surface area contributed by atoms with Gasteiger partial charge in [-0.3, -0.25) is 9.59 Å². The van der Waals surface area contributed by atoms with Crippen LogP contribution in [-0.2, 0) is 14.3 Å². The van der Waals surface area contributed by atoms with Crippen molar-refractivity contribution in [3.05, 3.63) is 11.9 Å². The molecular weight excluding hydrogens is 330 g/mol. The zero-order valence-corrected chi connectivity index (χ0v) is 17.3. The van der Waals surface area contributed by atoms with Crippen LogP contribution in [0, 0.1) is 5.92 Å². The van der Waals surface area contributed by atoms with Crippen molar-refractivity contribution in [2.75, 3.05) is 13.2 Å². The van der Waals surface area contributed by atoms with Crippen LogP contribution in [-0.4, -0.2) is 30.8 Å². The first-order valence-corrected chi connectivity index (χ1v) is 9.63. The van der Waals surface area contributed by atoms with E-state index in [1.165, 1.54) is 0 Å². The lowest BCUT2D eigenvalue weighted by Crippen LogP contribution is -2.18. The van der Waals surface area contributed by atoms with E-state index in [9.17, 15) is 9.59 Å². The summed E-state index contributed by atoms with van der Waals surface area (Å²) in [6, 6.07) is 0.346. The highest BCUT2D eigenvalue weighted by Crippen LogP contribution is 2.09. The van der Waals surface area contributed by atoms with Crippen LogP contribution in [0.4, 0.5) is 0 Å². The van der Waals surface area contributed by atoms with Crippen LogP contribution in [0.15, 0.2) is 11.9 Å². The molecule has 0 rings (SSSR count). The first-order valence-electron chi connectivity index (χ1n) is 9.63. The minimum Gasteiger partial charge on any atom is -0.401 e. The lowest BCUT2D eigenvalue weighted by molar-refractivity contribution is -0.120. The molecule has 0 unspecified atom stereocenters. The Hall–Kier alpha value is -1.40. The van der Waals surface area contributed by atoms with Gasteiger partial charge in [0.05, 0.1) is 6.61 Å². The quantitative estimate of drug-likeness (QED) is 0.355. The average molecular weight is 372 g/mol. The summed E-state index contributed by atoms with van der Waals surface area (Å²) in [5.41, 5.74) is 6.56. The van der Waals surface area contributed by atoms with Gasteiger partial charge in [-0.1, -0.05) is 20.3 Å². The van der Waals surface area contributed by atoms with Gasteiger partial charge >= 0.3 is 0 Å². The van der Waals surface area contributed by atoms with Gasteiger partial charge in [0.25, 0.3) is 0 Å². The monoisotopic (exact) mass is 371 g/mol. The van der Waals surface area contributed by atoms with Crippen LogP contribution >= 0.6 is 0 Å². The topological polar surface area (TPSA) is 116 Å². The van der Waals surface area contributed by atoms with Crippen molar-refractivity contribution in [1.29, 1.82) is 0 Å². The number of hydrogen-bond donors (Lipinski definition) is 3. The Morgan fingerprint density at radius 3 is 2.04 bits per heavy atom. The molecule has 0 spiro atoms. The SMILES string of the molecule is CC(C)COCCC(=O)CCCCCC(=O)CC/C(N)=C/NC(C)C.N. The van der Waals surface area contributed by atoms with Crippen LogP contribution in [0.1, 0.15) is 79.1 Å². The van der Waals surface area contributed by atoms with Crippen molar-refractivity contribution in [2.45, 2.75) is 85.1 Å². The van der Waals surface area contributed by atoms with Gasteiger partial charge in [-0.25, -0.2) is 0 Å². The van der Waals surface area contributed by atoms with E-state index in [1.807, 2.05) is 13.8 Å². The Balaban J connectivity index is 0. The number of hydrogen-bond acceptors (Lipinski definition) is 6. The summed E-state index contributed by atoms with van der Waals surface area (Å²) < 4.78 is 5.42. The smallest absolute Gasteiger partial charge is 0.135 e. The Bertz CT molecular complexity index is 407. The average Bonchev–Trinajstić information content (AvgIpc) is 2.54. The molecule has 0 saturated carbocycles. The lowest BCUT2D eigenvalue weighted by atomic mass is 10.0. The third kappa shape index (κ3) is 18.9. The van der Waals surface area contributed by atoms with E-state index < -0.39 is 0 Å². The molecular formula is C20H41N3O3. The van der Waals surface area contributed by atoms with E-state index in [0.717, 1.165) is 19.3 Å². The van der Waals surface area contributed by atoms with Gasteiger partial charge in [-0.2, -0.15) is 0 Å². The number of Topliss-reactive ketones (excluding diaryl/α,β-unsaturated/α-hetero) is 2. The second-order valence-electron chi connectivity index (χ2n) is 7.40. The number of carbonyl (C=O) groups excluding carboxylic acids is 2. The van der Waals surface area contributed by atoms with Gasteiger partial charge in [0.2, 0.25) is 0 Å². The molecule has 0 fully saturated rings. The predicted molar refractivity (Wildman–Crippen MR) is 108 cm³/mol.